The Hall–Kier alpha value is -0.990. The number of rotatable bonds is 2. The molecule has 0 unspecified atom stereocenters. The van der Waals surface area contributed by atoms with E-state index in [0.717, 1.165) is 18.3 Å². The van der Waals surface area contributed by atoms with Gasteiger partial charge < -0.3 is 5.32 Å². The number of benzene rings is 1. The lowest BCUT2D eigenvalue weighted by atomic mass is 9.82. The van der Waals surface area contributed by atoms with Gasteiger partial charge in [-0.15, -0.1) is 11.8 Å². The molecule has 2 heteroatoms. The van der Waals surface area contributed by atoms with Gasteiger partial charge in [-0.2, -0.15) is 0 Å². The van der Waals surface area contributed by atoms with Crippen molar-refractivity contribution in [1.82, 2.24) is 5.32 Å². The molecule has 1 nitrogen and oxygen atoms in total. The number of piperidine rings is 1. The van der Waals surface area contributed by atoms with Crippen molar-refractivity contribution >= 4 is 17.3 Å². The van der Waals surface area contributed by atoms with Crippen molar-refractivity contribution in [2.45, 2.75) is 51.4 Å². The molecule has 2 aliphatic heterocycles. The molecule has 122 valence electrons. The topological polar surface area (TPSA) is 12.0 Å². The molecule has 1 atom stereocenters. The minimum absolute atomic E-state index is 0.744. The molecule has 1 N–H and O–H groups in total. The molecule has 0 aromatic heterocycles. The Labute approximate surface area is 144 Å². The third-order valence-corrected chi connectivity index (χ3v) is 6.90. The fourth-order valence-electron chi connectivity index (χ4n) is 4.26. The van der Waals surface area contributed by atoms with Crippen LogP contribution in [0.4, 0.5) is 0 Å². The normalized spacial score (nSPS) is 25.5. The van der Waals surface area contributed by atoms with Crippen LogP contribution in [0.3, 0.4) is 0 Å². The zero-order valence-corrected chi connectivity index (χ0v) is 14.9. The van der Waals surface area contributed by atoms with Gasteiger partial charge in [-0.3, -0.25) is 0 Å². The predicted molar refractivity (Wildman–Crippen MR) is 102 cm³/mol. The first-order valence-electron chi connectivity index (χ1n) is 9.21. The van der Waals surface area contributed by atoms with Crippen LogP contribution in [0.25, 0.3) is 5.57 Å². The molecule has 1 fully saturated rings. The fourth-order valence-corrected chi connectivity index (χ4v) is 5.38. The minimum atomic E-state index is 0.744. The quantitative estimate of drug-likeness (QED) is 0.772. The highest BCUT2D eigenvalue weighted by molar-refractivity contribution is 8.06. The summed E-state index contributed by atoms with van der Waals surface area (Å²) in [6, 6.07) is 7.23. The largest absolute Gasteiger partial charge is 0.317 e. The Kier molecular flexibility index (Phi) is 4.64. The van der Waals surface area contributed by atoms with E-state index in [4.69, 9.17) is 0 Å². The maximum Gasteiger partial charge on any atom is -0.00429 e. The Balaban J connectivity index is 1.48. The predicted octanol–water partition coefficient (Wildman–Crippen LogP) is 5.49. The zero-order valence-electron chi connectivity index (χ0n) is 14.1. The van der Waals surface area contributed by atoms with E-state index < -0.39 is 0 Å². The Bertz CT molecular complexity index is 637. The first-order chi connectivity index (χ1) is 11.3. The first-order valence-corrected chi connectivity index (χ1v) is 10.1. The molecular formula is C21H27NS. The Morgan fingerprint density at radius 3 is 2.78 bits per heavy atom. The van der Waals surface area contributed by atoms with Crippen LogP contribution in [0.15, 0.2) is 34.6 Å². The third kappa shape index (κ3) is 3.29. The average Bonchev–Trinajstić information content (AvgIpc) is 2.63. The SMILES string of the molecule is C[C@H]1CCCc2cc(C3=CSC(C4CCNCC4)=CC3)ccc21. The van der Waals surface area contributed by atoms with Gasteiger partial charge in [0.1, 0.15) is 0 Å². The van der Waals surface area contributed by atoms with Crippen molar-refractivity contribution in [2.75, 3.05) is 13.1 Å². The molecule has 23 heavy (non-hydrogen) atoms. The highest BCUT2D eigenvalue weighted by atomic mass is 32.2. The number of aryl methyl sites for hydroxylation is 1. The molecule has 2 heterocycles. The number of thioether (sulfide) groups is 1. The van der Waals surface area contributed by atoms with E-state index in [1.54, 1.807) is 16.0 Å². The highest BCUT2D eigenvalue weighted by Gasteiger charge is 2.21. The van der Waals surface area contributed by atoms with E-state index in [9.17, 15) is 0 Å². The molecular weight excluding hydrogens is 298 g/mol. The monoisotopic (exact) mass is 325 g/mol. The number of allylic oxidation sites excluding steroid dienone is 3. The Morgan fingerprint density at radius 1 is 1.13 bits per heavy atom. The van der Waals surface area contributed by atoms with E-state index in [1.807, 2.05) is 11.8 Å². The molecule has 1 aromatic rings. The summed E-state index contributed by atoms with van der Waals surface area (Å²) in [5.74, 6) is 1.54. The second-order valence-corrected chi connectivity index (χ2v) is 8.25. The van der Waals surface area contributed by atoms with Crippen LogP contribution in [0.2, 0.25) is 0 Å². The summed E-state index contributed by atoms with van der Waals surface area (Å²) in [4.78, 5) is 1.61. The minimum Gasteiger partial charge on any atom is -0.317 e. The van der Waals surface area contributed by atoms with E-state index in [0.29, 0.717) is 0 Å². The second kappa shape index (κ2) is 6.86. The third-order valence-electron chi connectivity index (χ3n) is 5.73. The van der Waals surface area contributed by atoms with Crippen molar-refractivity contribution in [3.63, 3.8) is 0 Å². The number of fused-ring (bicyclic) bond motifs is 1. The smallest absolute Gasteiger partial charge is 0.00429 e. The lowest BCUT2D eigenvalue weighted by Crippen LogP contribution is -2.28. The van der Waals surface area contributed by atoms with Gasteiger partial charge in [0.15, 0.2) is 0 Å². The van der Waals surface area contributed by atoms with Crippen LogP contribution < -0.4 is 5.32 Å². The second-order valence-electron chi connectivity index (χ2n) is 7.30. The van der Waals surface area contributed by atoms with Crippen LogP contribution in [0.5, 0.6) is 0 Å². The summed E-state index contributed by atoms with van der Waals surface area (Å²) in [5.41, 5.74) is 6.15. The lowest BCUT2D eigenvalue weighted by Gasteiger charge is -2.27. The average molecular weight is 326 g/mol. The van der Waals surface area contributed by atoms with Crippen molar-refractivity contribution < 1.29 is 0 Å². The van der Waals surface area contributed by atoms with Crippen molar-refractivity contribution in [3.05, 3.63) is 51.3 Å². The maximum atomic E-state index is 3.47. The molecule has 3 aliphatic rings. The van der Waals surface area contributed by atoms with Crippen LogP contribution in [-0.4, -0.2) is 13.1 Å². The van der Waals surface area contributed by atoms with Gasteiger partial charge >= 0.3 is 0 Å². The summed E-state index contributed by atoms with van der Waals surface area (Å²) in [7, 11) is 0. The van der Waals surface area contributed by atoms with Crippen molar-refractivity contribution in [1.29, 1.82) is 0 Å². The summed E-state index contributed by atoms with van der Waals surface area (Å²) in [6.45, 7) is 4.74. The number of hydrogen-bond donors (Lipinski definition) is 1. The summed E-state index contributed by atoms with van der Waals surface area (Å²) in [6.07, 6.45) is 10.2. The van der Waals surface area contributed by atoms with Gasteiger partial charge in [0.05, 0.1) is 0 Å². The lowest BCUT2D eigenvalue weighted by molar-refractivity contribution is 0.431. The molecule has 0 spiro atoms. The van der Waals surface area contributed by atoms with E-state index in [2.05, 4.69) is 41.9 Å². The molecule has 1 saturated heterocycles. The standard InChI is InChI=1S/C21H27NS/c1-15-3-2-4-18-13-17(5-7-20(15)18)19-6-8-21(23-14-19)16-9-11-22-12-10-16/h5,7-8,13-16,22H,2-4,6,9-12H2,1H3/t15-/m0/s1. The van der Waals surface area contributed by atoms with Crippen LogP contribution in [0, 0.1) is 5.92 Å². The molecule has 1 aliphatic carbocycles. The van der Waals surface area contributed by atoms with E-state index >= 15 is 0 Å². The summed E-state index contributed by atoms with van der Waals surface area (Å²) >= 11 is 1.98. The van der Waals surface area contributed by atoms with Gasteiger partial charge in [0, 0.05) is 0 Å². The molecule has 0 bridgehead atoms. The molecule has 0 amide bonds. The summed E-state index contributed by atoms with van der Waals surface area (Å²) < 4.78 is 0. The molecule has 0 saturated carbocycles. The van der Waals surface area contributed by atoms with Crippen LogP contribution in [0.1, 0.15) is 61.6 Å². The van der Waals surface area contributed by atoms with Crippen molar-refractivity contribution in [2.24, 2.45) is 5.92 Å². The number of nitrogens with one attached hydrogen (secondary N) is 1. The highest BCUT2D eigenvalue weighted by Crippen LogP contribution is 2.40. The molecule has 4 rings (SSSR count). The molecule has 0 radical (unpaired) electrons. The zero-order chi connectivity index (χ0) is 15.6. The Morgan fingerprint density at radius 2 is 2.00 bits per heavy atom. The molecule has 1 aromatic carbocycles. The maximum absolute atomic E-state index is 3.47. The van der Waals surface area contributed by atoms with E-state index in [1.165, 1.54) is 56.3 Å². The summed E-state index contributed by atoms with van der Waals surface area (Å²) in [5, 5.41) is 5.89. The fraction of sp³-hybridized carbons (Fsp3) is 0.524. The van der Waals surface area contributed by atoms with Crippen molar-refractivity contribution in [3.8, 4) is 0 Å². The van der Waals surface area contributed by atoms with Crippen LogP contribution >= 0.6 is 11.8 Å². The van der Waals surface area contributed by atoms with Crippen LogP contribution in [-0.2, 0) is 6.42 Å². The van der Waals surface area contributed by atoms with Gasteiger partial charge in [0.25, 0.3) is 0 Å². The van der Waals surface area contributed by atoms with Gasteiger partial charge in [-0.1, -0.05) is 31.2 Å². The number of hydrogen-bond acceptors (Lipinski definition) is 2. The van der Waals surface area contributed by atoms with Gasteiger partial charge in [-0.05, 0) is 96.0 Å². The first kappa shape index (κ1) is 15.5. The van der Waals surface area contributed by atoms with E-state index in [-0.39, 0.29) is 0 Å². The van der Waals surface area contributed by atoms with Gasteiger partial charge in [-0.25, -0.2) is 0 Å². The van der Waals surface area contributed by atoms with Gasteiger partial charge in [0.2, 0.25) is 0 Å².